The summed E-state index contributed by atoms with van der Waals surface area (Å²) in [5, 5.41) is 8.74. The first-order valence-corrected chi connectivity index (χ1v) is 10.9. The van der Waals surface area contributed by atoms with Gasteiger partial charge in [-0.15, -0.1) is 0 Å². The van der Waals surface area contributed by atoms with Crippen LogP contribution in [0.2, 0.25) is 0 Å². The minimum absolute atomic E-state index is 0.0177. The van der Waals surface area contributed by atoms with Gasteiger partial charge in [0.05, 0.1) is 24.6 Å². The molecule has 0 bridgehead atoms. The third kappa shape index (κ3) is 4.42. The Bertz CT molecular complexity index is 1080. The first-order chi connectivity index (χ1) is 15.0. The van der Waals surface area contributed by atoms with E-state index in [1.54, 1.807) is 7.11 Å². The summed E-state index contributed by atoms with van der Waals surface area (Å²) in [6, 6.07) is 8.20. The summed E-state index contributed by atoms with van der Waals surface area (Å²) < 4.78 is 13.1. The van der Waals surface area contributed by atoms with E-state index in [1.165, 1.54) is 5.56 Å². The van der Waals surface area contributed by atoms with Gasteiger partial charge in [-0.3, -0.25) is 4.79 Å². The van der Waals surface area contributed by atoms with E-state index in [1.807, 2.05) is 23.7 Å². The van der Waals surface area contributed by atoms with Gasteiger partial charge < -0.3 is 14.8 Å². The molecular formula is C24H30N4O3. The van der Waals surface area contributed by atoms with Crippen molar-refractivity contribution in [2.45, 2.75) is 52.6 Å². The second-order valence-corrected chi connectivity index (χ2v) is 8.20. The average molecular weight is 423 g/mol. The fourth-order valence-electron chi connectivity index (χ4n) is 4.22. The molecule has 0 unspecified atom stereocenters. The number of carbonyl (C=O) groups excluding carboxylic acids is 1. The van der Waals surface area contributed by atoms with Crippen LogP contribution in [0.25, 0.3) is 16.7 Å². The molecule has 31 heavy (non-hydrogen) atoms. The van der Waals surface area contributed by atoms with Crippen LogP contribution in [-0.4, -0.2) is 47.0 Å². The predicted molar refractivity (Wildman–Crippen MR) is 120 cm³/mol. The highest BCUT2D eigenvalue weighted by Crippen LogP contribution is 2.31. The standard InChI is InChI=1S/C24H30N4O3/c1-15-7-9-18(10-8-15)28-23-22(17(3)27-28)16(2)20(24(26-23)30-4)11-12-21(29)25-14-19-6-5-13-31-19/h7-10,19H,5-6,11-14H2,1-4H3,(H,25,29)/t19-/m0/s1. The molecular weight excluding hydrogens is 392 g/mol. The van der Waals surface area contributed by atoms with Crippen molar-refractivity contribution in [2.75, 3.05) is 20.3 Å². The number of nitrogens with one attached hydrogen (secondary N) is 1. The molecule has 7 heteroatoms. The van der Waals surface area contributed by atoms with E-state index in [2.05, 4.69) is 31.3 Å². The lowest BCUT2D eigenvalue weighted by Gasteiger charge is -2.14. The summed E-state index contributed by atoms with van der Waals surface area (Å²) in [7, 11) is 1.62. The average Bonchev–Trinajstić information content (AvgIpc) is 3.40. The van der Waals surface area contributed by atoms with E-state index in [0.29, 0.717) is 25.3 Å². The molecule has 7 nitrogen and oxygen atoms in total. The van der Waals surface area contributed by atoms with Crippen molar-refractivity contribution in [3.63, 3.8) is 0 Å². The van der Waals surface area contributed by atoms with Gasteiger partial charge in [-0.2, -0.15) is 10.1 Å². The van der Waals surface area contributed by atoms with E-state index in [9.17, 15) is 4.79 Å². The molecule has 3 aromatic rings. The van der Waals surface area contributed by atoms with Crippen LogP contribution in [0.4, 0.5) is 0 Å². The zero-order valence-electron chi connectivity index (χ0n) is 18.7. The summed E-state index contributed by atoms with van der Waals surface area (Å²) in [5.74, 6) is 0.564. The molecule has 1 atom stereocenters. The van der Waals surface area contributed by atoms with Crippen molar-refractivity contribution < 1.29 is 14.3 Å². The normalized spacial score (nSPS) is 16.1. The highest BCUT2D eigenvalue weighted by Gasteiger charge is 2.21. The van der Waals surface area contributed by atoms with Gasteiger partial charge in [-0.05, 0) is 57.7 Å². The molecule has 1 saturated heterocycles. The molecule has 1 amide bonds. The summed E-state index contributed by atoms with van der Waals surface area (Å²) in [6.45, 7) is 7.48. The highest BCUT2D eigenvalue weighted by molar-refractivity contribution is 5.86. The zero-order valence-corrected chi connectivity index (χ0v) is 18.7. The summed E-state index contributed by atoms with van der Waals surface area (Å²) >= 11 is 0. The van der Waals surface area contributed by atoms with Crippen LogP contribution < -0.4 is 10.1 Å². The van der Waals surface area contributed by atoms with Gasteiger partial charge in [-0.1, -0.05) is 17.7 Å². The van der Waals surface area contributed by atoms with E-state index in [4.69, 9.17) is 19.6 Å². The Hall–Kier alpha value is -2.93. The molecule has 1 fully saturated rings. The van der Waals surface area contributed by atoms with Crippen LogP contribution in [-0.2, 0) is 16.0 Å². The predicted octanol–water partition coefficient (Wildman–Crippen LogP) is 3.58. The lowest BCUT2D eigenvalue weighted by Crippen LogP contribution is -2.31. The Kier molecular flexibility index (Phi) is 6.23. The first kappa shape index (κ1) is 21.3. The molecule has 1 aliphatic heterocycles. The second-order valence-electron chi connectivity index (χ2n) is 8.20. The molecule has 0 spiro atoms. The van der Waals surface area contributed by atoms with Gasteiger partial charge in [-0.25, -0.2) is 4.68 Å². The molecule has 1 aliphatic rings. The number of aryl methyl sites for hydroxylation is 3. The minimum atomic E-state index is 0.0177. The van der Waals surface area contributed by atoms with Crippen LogP contribution >= 0.6 is 0 Å². The number of amides is 1. The Morgan fingerprint density at radius 1 is 1.26 bits per heavy atom. The number of aromatic nitrogens is 3. The lowest BCUT2D eigenvalue weighted by molar-refractivity contribution is -0.121. The molecule has 0 radical (unpaired) electrons. The number of ether oxygens (including phenoxy) is 2. The molecule has 4 rings (SSSR count). The number of pyridine rings is 1. The van der Waals surface area contributed by atoms with Crippen LogP contribution in [0.3, 0.4) is 0 Å². The number of carbonyl (C=O) groups is 1. The number of fused-ring (bicyclic) bond motifs is 1. The lowest BCUT2D eigenvalue weighted by atomic mass is 10.0. The van der Waals surface area contributed by atoms with Gasteiger partial charge in [0.1, 0.15) is 0 Å². The monoisotopic (exact) mass is 422 g/mol. The molecule has 1 aromatic carbocycles. The fraction of sp³-hybridized carbons (Fsp3) is 0.458. The molecule has 2 aromatic heterocycles. The number of methoxy groups -OCH3 is 1. The number of nitrogens with zero attached hydrogens (tertiary/aromatic N) is 3. The van der Waals surface area contributed by atoms with Gasteiger partial charge in [0.15, 0.2) is 5.65 Å². The van der Waals surface area contributed by atoms with Gasteiger partial charge >= 0.3 is 0 Å². The smallest absolute Gasteiger partial charge is 0.220 e. The number of hydrogen-bond acceptors (Lipinski definition) is 5. The summed E-state index contributed by atoms with van der Waals surface area (Å²) in [5.41, 5.74) is 5.84. The third-order valence-electron chi connectivity index (χ3n) is 5.95. The highest BCUT2D eigenvalue weighted by atomic mass is 16.5. The molecule has 0 aliphatic carbocycles. The third-order valence-corrected chi connectivity index (χ3v) is 5.95. The Labute approximate surface area is 182 Å². The zero-order chi connectivity index (χ0) is 22.0. The first-order valence-electron chi connectivity index (χ1n) is 10.9. The van der Waals surface area contributed by atoms with Crippen LogP contribution in [0.1, 0.15) is 41.6 Å². The fourth-order valence-corrected chi connectivity index (χ4v) is 4.22. The number of rotatable bonds is 7. The largest absolute Gasteiger partial charge is 0.481 e. The van der Waals surface area contributed by atoms with Crippen LogP contribution in [0, 0.1) is 20.8 Å². The second kappa shape index (κ2) is 9.06. The van der Waals surface area contributed by atoms with Crippen molar-refractivity contribution in [1.29, 1.82) is 0 Å². The van der Waals surface area contributed by atoms with Crippen molar-refractivity contribution in [3.05, 3.63) is 46.6 Å². The maximum atomic E-state index is 12.4. The van der Waals surface area contributed by atoms with Crippen molar-refractivity contribution >= 4 is 16.9 Å². The van der Waals surface area contributed by atoms with Crippen LogP contribution in [0.5, 0.6) is 5.88 Å². The maximum Gasteiger partial charge on any atom is 0.220 e. The quantitative estimate of drug-likeness (QED) is 0.630. The van der Waals surface area contributed by atoms with Crippen molar-refractivity contribution in [1.82, 2.24) is 20.1 Å². The van der Waals surface area contributed by atoms with Gasteiger partial charge in [0.25, 0.3) is 0 Å². The van der Waals surface area contributed by atoms with E-state index < -0.39 is 0 Å². The summed E-state index contributed by atoms with van der Waals surface area (Å²) in [4.78, 5) is 17.2. The Balaban J connectivity index is 1.59. The van der Waals surface area contributed by atoms with Gasteiger partial charge in [0.2, 0.25) is 11.8 Å². The van der Waals surface area contributed by atoms with Crippen LogP contribution in [0.15, 0.2) is 24.3 Å². The Morgan fingerprint density at radius 3 is 2.71 bits per heavy atom. The molecule has 164 valence electrons. The molecule has 0 saturated carbocycles. The molecule has 3 heterocycles. The topological polar surface area (TPSA) is 78.3 Å². The number of hydrogen-bond donors (Lipinski definition) is 1. The van der Waals surface area contributed by atoms with E-state index in [-0.39, 0.29) is 12.0 Å². The van der Waals surface area contributed by atoms with E-state index in [0.717, 1.165) is 53.0 Å². The van der Waals surface area contributed by atoms with Crippen molar-refractivity contribution in [3.8, 4) is 11.6 Å². The Morgan fingerprint density at radius 2 is 2.03 bits per heavy atom. The molecule has 1 N–H and O–H groups in total. The number of benzene rings is 1. The van der Waals surface area contributed by atoms with E-state index >= 15 is 0 Å². The maximum absolute atomic E-state index is 12.4. The van der Waals surface area contributed by atoms with Gasteiger partial charge in [0, 0.05) is 30.5 Å². The minimum Gasteiger partial charge on any atom is -0.481 e. The van der Waals surface area contributed by atoms with Crippen molar-refractivity contribution in [2.24, 2.45) is 0 Å². The summed E-state index contributed by atoms with van der Waals surface area (Å²) in [6.07, 6.45) is 3.16. The SMILES string of the molecule is COc1nc2c(c(C)nn2-c2ccc(C)cc2)c(C)c1CCC(=O)NC[C@@H]1CCCO1.